The molecule has 15 heavy (non-hydrogen) atoms. The van der Waals surface area contributed by atoms with Crippen LogP contribution in [0.2, 0.25) is 5.02 Å². The van der Waals surface area contributed by atoms with Crippen LogP contribution >= 0.6 is 11.6 Å². The summed E-state index contributed by atoms with van der Waals surface area (Å²) in [6.07, 6.45) is -0.363. The molecule has 0 fully saturated rings. The normalized spacial score (nSPS) is 12.5. The van der Waals surface area contributed by atoms with E-state index in [0.717, 1.165) is 11.3 Å². The summed E-state index contributed by atoms with van der Waals surface area (Å²) < 4.78 is 5.20. The van der Waals surface area contributed by atoms with Crippen LogP contribution in [0, 0.1) is 0 Å². The number of aliphatic hydroxyl groups excluding tert-OH is 1. The maximum absolute atomic E-state index is 9.10. The van der Waals surface area contributed by atoms with Gasteiger partial charge in [-0.2, -0.15) is 0 Å². The first-order valence-electron chi connectivity index (χ1n) is 4.85. The van der Waals surface area contributed by atoms with Gasteiger partial charge in [0, 0.05) is 23.7 Å². The molecule has 1 aromatic carbocycles. The van der Waals surface area contributed by atoms with Gasteiger partial charge >= 0.3 is 0 Å². The Morgan fingerprint density at radius 2 is 2.27 bits per heavy atom. The molecule has 2 N–H and O–H groups in total. The third-order valence-corrected chi connectivity index (χ3v) is 2.39. The molecule has 84 valence electrons. The average Bonchev–Trinajstić information content (AvgIpc) is 2.20. The summed E-state index contributed by atoms with van der Waals surface area (Å²) in [4.78, 5) is 0. The van der Waals surface area contributed by atoms with Gasteiger partial charge in [0.05, 0.1) is 13.2 Å². The second-order valence-electron chi connectivity index (χ2n) is 3.40. The zero-order valence-corrected chi connectivity index (χ0v) is 9.71. The van der Waals surface area contributed by atoms with Crippen LogP contribution in [0.5, 0.6) is 5.75 Å². The first-order valence-corrected chi connectivity index (χ1v) is 5.23. The van der Waals surface area contributed by atoms with Crippen molar-refractivity contribution in [3.63, 3.8) is 0 Å². The second kappa shape index (κ2) is 5.95. The Labute approximate surface area is 95.0 Å². The van der Waals surface area contributed by atoms with Gasteiger partial charge in [-0.3, -0.25) is 0 Å². The molecule has 1 aromatic rings. The molecular formula is C11H16ClNO2. The van der Waals surface area contributed by atoms with Crippen molar-refractivity contribution in [3.8, 4) is 5.75 Å². The minimum absolute atomic E-state index is 0.363. The van der Waals surface area contributed by atoms with Crippen molar-refractivity contribution < 1.29 is 9.84 Å². The average molecular weight is 230 g/mol. The Morgan fingerprint density at radius 1 is 1.53 bits per heavy atom. The fourth-order valence-electron chi connectivity index (χ4n) is 1.31. The van der Waals surface area contributed by atoms with Gasteiger partial charge in [0.25, 0.3) is 0 Å². The molecular weight excluding hydrogens is 214 g/mol. The lowest BCUT2D eigenvalue weighted by Crippen LogP contribution is -2.24. The molecule has 0 aromatic heterocycles. The van der Waals surface area contributed by atoms with Crippen molar-refractivity contribution in [3.05, 3.63) is 28.8 Å². The molecule has 4 heteroatoms. The molecule has 0 radical (unpaired) electrons. The highest BCUT2D eigenvalue weighted by atomic mass is 35.5. The molecule has 1 rings (SSSR count). The molecule has 1 atom stereocenters. The summed E-state index contributed by atoms with van der Waals surface area (Å²) in [6, 6.07) is 5.54. The molecule has 0 unspecified atom stereocenters. The summed E-state index contributed by atoms with van der Waals surface area (Å²) in [6.45, 7) is 2.86. The Kier molecular flexibility index (Phi) is 4.88. The monoisotopic (exact) mass is 229 g/mol. The van der Waals surface area contributed by atoms with E-state index < -0.39 is 0 Å². The lowest BCUT2D eigenvalue weighted by molar-refractivity contribution is 0.191. The maximum atomic E-state index is 9.10. The first kappa shape index (κ1) is 12.3. The molecule has 0 saturated carbocycles. The summed E-state index contributed by atoms with van der Waals surface area (Å²) in [5.41, 5.74) is 0.919. The van der Waals surface area contributed by atoms with E-state index in [0.29, 0.717) is 18.1 Å². The van der Waals surface area contributed by atoms with Gasteiger partial charge in [-0.25, -0.2) is 0 Å². The van der Waals surface area contributed by atoms with Crippen LogP contribution in [0.4, 0.5) is 0 Å². The number of hydrogen-bond donors (Lipinski definition) is 2. The Balaban J connectivity index is 2.66. The molecule has 0 amide bonds. The van der Waals surface area contributed by atoms with Crippen molar-refractivity contribution in [2.45, 2.75) is 19.6 Å². The number of aliphatic hydroxyl groups is 1. The van der Waals surface area contributed by atoms with Crippen LogP contribution in [0.1, 0.15) is 12.5 Å². The van der Waals surface area contributed by atoms with Gasteiger partial charge in [-0.1, -0.05) is 17.7 Å². The van der Waals surface area contributed by atoms with Crippen LogP contribution in [0.15, 0.2) is 18.2 Å². The summed E-state index contributed by atoms with van der Waals surface area (Å²) >= 11 is 6.04. The van der Waals surface area contributed by atoms with Crippen molar-refractivity contribution in [1.29, 1.82) is 0 Å². The molecule has 0 aliphatic carbocycles. The smallest absolute Gasteiger partial charge is 0.124 e. The summed E-state index contributed by atoms with van der Waals surface area (Å²) in [5, 5.41) is 12.9. The quantitative estimate of drug-likeness (QED) is 0.810. The fraction of sp³-hybridized carbons (Fsp3) is 0.455. The predicted octanol–water partition coefficient (Wildman–Crippen LogP) is 1.82. The lowest BCUT2D eigenvalue weighted by atomic mass is 10.2. The Morgan fingerprint density at radius 3 is 2.87 bits per heavy atom. The molecule has 0 heterocycles. The van der Waals surface area contributed by atoms with Crippen LogP contribution in [0.3, 0.4) is 0 Å². The number of hydrogen-bond acceptors (Lipinski definition) is 3. The number of benzene rings is 1. The number of ether oxygens (including phenoxy) is 1. The minimum Gasteiger partial charge on any atom is -0.496 e. The van der Waals surface area contributed by atoms with Gasteiger partial charge < -0.3 is 15.2 Å². The van der Waals surface area contributed by atoms with Crippen LogP contribution in [0.25, 0.3) is 0 Å². The predicted molar refractivity (Wildman–Crippen MR) is 61.4 cm³/mol. The van der Waals surface area contributed by atoms with E-state index in [1.807, 2.05) is 18.2 Å². The molecule has 0 saturated heterocycles. The zero-order valence-electron chi connectivity index (χ0n) is 8.96. The van der Waals surface area contributed by atoms with E-state index in [2.05, 4.69) is 5.32 Å². The van der Waals surface area contributed by atoms with Crippen molar-refractivity contribution in [1.82, 2.24) is 5.32 Å². The molecule has 0 aliphatic heterocycles. The highest BCUT2D eigenvalue weighted by Gasteiger charge is 2.07. The topological polar surface area (TPSA) is 41.5 Å². The summed E-state index contributed by atoms with van der Waals surface area (Å²) in [5.74, 6) is 0.764. The molecule has 3 nitrogen and oxygen atoms in total. The standard InChI is InChI=1S/C11H16ClNO2/c1-8(14)6-13-7-9-10(12)4-3-5-11(9)15-2/h3-5,8,13-14H,6-7H2,1-2H3/t8-/m0/s1. The van der Waals surface area contributed by atoms with E-state index in [9.17, 15) is 0 Å². The van der Waals surface area contributed by atoms with Crippen LogP contribution in [-0.4, -0.2) is 24.9 Å². The largest absolute Gasteiger partial charge is 0.496 e. The minimum atomic E-state index is -0.363. The SMILES string of the molecule is COc1cccc(Cl)c1CNC[C@H](C)O. The van der Waals surface area contributed by atoms with Crippen molar-refractivity contribution in [2.24, 2.45) is 0 Å². The molecule has 0 aliphatic rings. The number of methoxy groups -OCH3 is 1. The van der Waals surface area contributed by atoms with Gasteiger partial charge in [-0.05, 0) is 19.1 Å². The van der Waals surface area contributed by atoms with Crippen molar-refractivity contribution >= 4 is 11.6 Å². The summed E-state index contributed by atoms with van der Waals surface area (Å²) in [7, 11) is 1.61. The fourth-order valence-corrected chi connectivity index (χ4v) is 1.54. The third kappa shape index (κ3) is 3.70. The zero-order chi connectivity index (χ0) is 11.3. The maximum Gasteiger partial charge on any atom is 0.124 e. The molecule has 0 spiro atoms. The highest BCUT2D eigenvalue weighted by Crippen LogP contribution is 2.25. The highest BCUT2D eigenvalue weighted by molar-refractivity contribution is 6.31. The lowest BCUT2D eigenvalue weighted by Gasteiger charge is -2.12. The first-order chi connectivity index (χ1) is 7.15. The second-order valence-corrected chi connectivity index (χ2v) is 3.81. The van der Waals surface area contributed by atoms with E-state index in [-0.39, 0.29) is 6.10 Å². The van der Waals surface area contributed by atoms with Gasteiger partial charge in [0.1, 0.15) is 5.75 Å². The van der Waals surface area contributed by atoms with Gasteiger partial charge in [0.2, 0.25) is 0 Å². The Hall–Kier alpha value is -0.770. The number of rotatable bonds is 5. The number of halogens is 1. The van der Waals surface area contributed by atoms with E-state index in [4.69, 9.17) is 21.4 Å². The number of nitrogens with one attached hydrogen (secondary N) is 1. The van der Waals surface area contributed by atoms with Crippen LogP contribution in [-0.2, 0) is 6.54 Å². The Bertz CT molecular complexity index is 315. The van der Waals surface area contributed by atoms with Crippen LogP contribution < -0.4 is 10.1 Å². The van der Waals surface area contributed by atoms with E-state index >= 15 is 0 Å². The van der Waals surface area contributed by atoms with Gasteiger partial charge in [0.15, 0.2) is 0 Å². The van der Waals surface area contributed by atoms with E-state index in [1.54, 1.807) is 14.0 Å². The third-order valence-electron chi connectivity index (χ3n) is 2.04. The van der Waals surface area contributed by atoms with E-state index in [1.165, 1.54) is 0 Å². The molecule has 0 bridgehead atoms. The van der Waals surface area contributed by atoms with Crippen molar-refractivity contribution in [2.75, 3.05) is 13.7 Å². The van der Waals surface area contributed by atoms with Gasteiger partial charge in [-0.15, -0.1) is 0 Å².